The molecule has 0 aliphatic heterocycles. The quantitative estimate of drug-likeness (QED) is 0.775. The van der Waals surface area contributed by atoms with Gasteiger partial charge in [-0.3, -0.25) is 4.79 Å². The van der Waals surface area contributed by atoms with E-state index in [1.807, 2.05) is 11.4 Å². The number of rotatable bonds is 4. The molecule has 88 valence electrons. The highest BCUT2D eigenvalue weighted by Gasteiger charge is 2.12. The van der Waals surface area contributed by atoms with Crippen LogP contribution in [0.5, 0.6) is 0 Å². The second kappa shape index (κ2) is 5.10. The maximum atomic E-state index is 13.5. The van der Waals surface area contributed by atoms with Crippen molar-refractivity contribution in [2.75, 3.05) is 18.5 Å². The van der Waals surface area contributed by atoms with Gasteiger partial charge in [0, 0.05) is 7.05 Å². The zero-order valence-electron chi connectivity index (χ0n) is 9.39. The number of hydrogen-bond acceptors (Lipinski definition) is 3. The van der Waals surface area contributed by atoms with Gasteiger partial charge in [0.1, 0.15) is 5.82 Å². The Hall–Kier alpha value is -1.68. The summed E-state index contributed by atoms with van der Waals surface area (Å²) in [6, 6.07) is 10.1. The van der Waals surface area contributed by atoms with E-state index in [1.54, 1.807) is 36.2 Å². The average molecular weight is 249 g/mol. The summed E-state index contributed by atoms with van der Waals surface area (Å²) in [7, 11) is 1.71. The highest BCUT2D eigenvalue weighted by molar-refractivity contribution is 7.12. The average Bonchev–Trinajstić information content (AvgIpc) is 2.82. The molecule has 1 aromatic heterocycles. The number of ketones is 1. The number of likely N-dealkylation sites (N-methyl/N-ethyl adjacent to an activating group) is 1. The van der Waals surface area contributed by atoms with E-state index in [1.165, 1.54) is 17.4 Å². The lowest BCUT2D eigenvalue weighted by Crippen LogP contribution is -2.25. The number of nitrogens with zero attached hydrogens (tertiary/aromatic N) is 1. The number of carbonyl (C=O) groups excluding carboxylic acids is 1. The normalized spacial score (nSPS) is 10.2. The molecule has 1 aromatic carbocycles. The molecule has 1 heterocycles. The van der Waals surface area contributed by atoms with Gasteiger partial charge in [-0.25, -0.2) is 4.39 Å². The van der Waals surface area contributed by atoms with E-state index in [9.17, 15) is 9.18 Å². The molecule has 2 nitrogen and oxygen atoms in total. The van der Waals surface area contributed by atoms with E-state index in [2.05, 4.69) is 0 Å². The Morgan fingerprint density at radius 3 is 2.71 bits per heavy atom. The Morgan fingerprint density at radius 2 is 2.06 bits per heavy atom. The van der Waals surface area contributed by atoms with Gasteiger partial charge in [-0.2, -0.15) is 0 Å². The predicted molar refractivity (Wildman–Crippen MR) is 68.3 cm³/mol. The summed E-state index contributed by atoms with van der Waals surface area (Å²) in [5.74, 6) is -0.306. The van der Waals surface area contributed by atoms with E-state index < -0.39 is 0 Å². The molecule has 0 aliphatic carbocycles. The Labute approximate surface area is 103 Å². The number of anilines is 1. The highest BCUT2D eigenvalue weighted by Crippen LogP contribution is 2.18. The first-order valence-corrected chi connectivity index (χ1v) is 6.09. The molecule has 17 heavy (non-hydrogen) atoms. The van der Waals surface area contributed by atoms with E-state index in [0.717, 1.165) is 0 Å². The SMILES string of the molecule is CN(CC(=O)c1cccs1)c1ccccc1F. The summed E-state index contributed by atoms with van der Waals surface area (Å²) in [6.45, 7) is 0.182. The van der Waals surface area contributed by atoms with Crippen molar-refractivity contribution in [1.82, 2.24) is 0 Å². The zero-order chi connectivity index (χ0) is 12.3. The van der Waals surface area contributed by atoms with Gasteiger partial charge < -0.3 is 4.90 Å². The minimum absolute atomic E-state index is 0.00533. The predicted octanol–water partition coefficient (Wildman–Crippen LogP) is 3.21. The van der Waals surface area contributed by atoms with Gasteiger partial charge in [0.25, 0.3) is 0 Å². The molecule has 0 saturated carbocycles. The lowest BCUT2D eigenvalue weighted by Gasteiger charge is -2.18. The zero-order valence-corrected chi connectivity index (χ0v) is 10.2. The van der Waals surface area contributed by atoms with Crippen molar-refractivity contribution in [3.8, 4) is 0 Å². The summed E-state index contributed by atoms with van der Waals surface area (Å²) in [5.41, 5.74) is 0.442. The number of para-hydroxylation sites is 1. The van der Waals surface area contributed by atoms with Gasteiger partial charge in [-0.15, -0.1) is 11.3 Å². The van der Waals surface area contributed by atoms with Gasteiger partial charge in [0.05, 0.1) is 17.1 Å². The molecule has 0 amide bonds. The summed E-state index contributed by atoms with van der Waals surface area (Å²) < 4.78 is 13.5. The Kier molecular flexibility index (Phi) is 3.54. The Morgan fingerprint density at radius 1 is 1.29 bits per heavy atom. The molecule has 0 spiro atoms. The van der Waals surface area contributed by atoms with Crippen LogP contribution in [0.25, 0.3) is 0 Å². The monoisotopic (exact) mass is 249 g/mol. The van der Waals surface area contributed by atoms with Crippen LogP contribution < -0.4 is 4.90 Å². The third kappa shape index (κ3) is 2.71. The smallest absolute Gasteiger partial charge is 0.191 e. The molecule has 0 atom stereocenters. The standard InChI is InChI=1S/C13H12FNOS/c1-15(11-6-3-2-5-10(11)14)9-12(16)13-7-4-8-17-13/h2-8H,9H2,1H3. The van der Waals surface area contributed by atoms with Crippen LogP contribution in [-0.2, 0) is 0 Å². The lowest BCUT2D eigenvalue weighted by molar-refractivity contribution is 0.100. The number of carbonyl (C=O) groups is 1. The fourth-order valence-electron chi connectivity index (χ4n) is 1.58. The fraction of sp³-hybridized carbons (Fsp3) is 0.154. The second-order valence-electron chi connectivity index (χ2n) is 3.71. The van der Waals surface area contributed by atoms with Crippen LogP contribution in [0.15, 0.2) is 41.8 Å². The minimum atomic E-state index is -0.311. The van der Waals surface area contributed by atoms with Crippen LogP contribution in [0.2, 0.25) is 0 Å². The molecule has 0 fully saturated rings. The summed E-state index contributed by atoms with van der Waals surface area (Å²) in [4.78, 5) is 14.2. The fourth-order valence-corrected chi connectivity index (χ4v) is 2.23. The van der Waals surface area contributed by atoms with Crippen LogP contribution in [0.4, 0.5) is 10.1 Å². The molecule has 2 aromatic rings. The first kappa shape index (κ1) is 11.8. The minimum Gasteiger partial charge on any atom is -0.364 e. The van der Waals surface area contributed by atoms with E-state index in [4.69, 9.17) is 0 Å². The largest absolute Gasteiger partial charge is 0.364 e. The molecular weight excluding hydrogens is 237 g/mol. The van der Waals surface area contributed by atoms with Crippen LogP contribution in [0.1, 0.15) is 9.67 Å². The molecule has 0 radical (unpaired) electrons. The van der Waals surface area contributed by atoms with Gasteiger partial charge in [0.15, 0.2) is 5.78 Å². The van der Waals surface area contributed by atoms with Crippen molar-refractivity contribution in [3.05, 3.63) is 52.5 Å². The molecule has 0 unspecified atom stereocenters. The van der Waals surface area contributed by atoms with Crippen molar-refractivity contribution >= 4 is 22.8 Å². The summed E-state index contributed by atoms with van der Waals surface area (Å²) in [6.07, 6.45) is 0. The van der Waals surface area contributed by atoms with Crippen LogP contribution in [0, 0.1) is 5.82 Å². The first-order valence-electron chi connectivity index (χ1n) is 5.21. The molecule has 2 rings (SSSR count). The molecule has 0 saturated heterocycles. The van der Waals surface area contributed by atoms with Crippen molar-refractivity contribution in [2.45, 2.75) is 0 Å². The van der Waals surface area contributed by atoms with Crippen molar-refractivity contribution in [1.29, 1.82) is 0 Å². The highest BCUT2D eigenvalue weighted by atomic mass is 32.1. The van der Waals surface area contributed by atoms with E-state index in [-0.39, 0.29) is 18.1 Å². The van der Waals surface area contributed by atoms with Gasteiger partial charge in [0.2, 0.25) is 0 Å². The molecule has 4 heteroatoms. The van der Waals surface area contributed by atoms with Gasteiger partial charge in [-0.05, 0) is 23.6 Å². The van der Waals surface area contributed by atoms with Crippen LogP contribution in [-0.4, -0.2) is 19.4 Å². The maximum absolute atomic E-state index is 13.5. The van der Waals surface area contributed by atoms with Gasteiger partial charge in [-0.1, -0.05) is 18.2 Å². The number of thiophene rings is 1. The van der Waals surface area contributed by atoms with Crippen molar-refractivity contribution in [3.63, 3.8) is 0 Å². The maximum Gasteiger partial charge on any atom is 0.191 e. The number of hydrogen-bond donors (Lipinski definition) is 0. The second-order valence-corrected chi connectivity index (χ2v) is 4.66. The van der Waals surface area contributed by atoms with E-state index in [0.29, 0.717) is 10.6 Å². The Bertz CT molecular complexity index is 510. The van der Waals surface area contributed by atoms with Gasteiger partial charge >= 0.3 is 0 Å². The Balaban J connectivity index is 2.10. The number of benzene rings is 1. The van der Waals surface area contributed by atoms with E-state index >= 15 is 0 Å². The van der Waals surface area contributed by atoms with Crippen molar-refractivity contribution in [2.24, 2.45) is 0 Å². The molecule has 0 N–H and O–H groups in total. The topological polar surface area (TPSA) is 20.3 Å². The summed E-state index contributed by atoms with van der Waals surface area (Å²) >= 11 is 1.40. The molecular formula is C13H12FNOS. The number of halogens is 1. The molecule has 0 bridgehead atoms. The molecule has 0 aliphatic rings. The lowest BCUT2D eigenvalue weighted by atomic mass is 10.2. The van der Waals surface area contributed by atoms with Crippen LogP contribution in [0.3, 0.4) is 0 Å². The third-order valence-corrected chi connectivity index (χ3v) is 3.35. The third-order valence-electron chi connectivity index (χ3n) is 2.44. The van der Waals surface area contributed by atoms with Crippen molar-refractivity contribution < 1.29 is 9.18 Å². The van der Waals surface area contributed by atoms with Crippen LogP contribution >= 0.6 is 11.3 Å². The number of Topliss-reactive ketones (excluding diaryl/α,β-unsaturated/α-hetero) is 1. The first-order chi connectivity index (χ1) is 8.18. The summed E-state index contributed by atoms with van der Waals surface area (Å²) in [5, 5.41) is 1.86.